The zero-order valence-corrected chi connectivity index (χ0v) is 15.3. The van der Waals surface area contributed by atoms with Crippen LogP contribution in [0.25, 0.3) is 11.1 Å². The van der Waals surface area contributed by atoms with Crippen LogP contribution in [0.1, 0.15) is 28.2 Å². The summed E-state index contributed by atoms with van der Waals surface area (Å²) in [5.74, 6) is 0.170. The molecule has 3 aromatic carbocycles. The largest absolute Gasteiger partial charge is 0.508 e. The number of ether oxygens (including phenoxy) is 1. The van der Waals surface area contributed by atoms with Gasteiger partial charge in [-0.1, -0.05) is 54.6 Å². The molecule has 4 heteroatoms. The van der Waals surface area contributed by atoms with Crippen LogP contribution in [-0.2, 0) is 4.74 Å². The number of aromatic hydroxyl groups is 1. The Bertz CT molecular complexity index is 980. The highest BCUT2D eigenvalue weighted by molar-refractivity contribution is 5.87. The topological polar surface area (TPSA) is 58.6 Å². The zero-order chi connectivity index (χ0) is 19.0. The number of hydrogen-bond acceptors (Lipinski definition) is 3. The summed E-state index contributed by atoms with van der Waals surface area (Å²) >= 11 is 0. The van der Waals surface area contributed by atoms with E-state index in [-0.39, 0.29) is 18.3 Å². The smallest absolute Gasteiger partial charge is 0.411 e. The molecule has 0 saturated carbocycles. The van der Waals surface area contributed by atoms with Gasteiger partial charge in [0.15, 0.2) is 0 Å². The SMILES string of the molecule is Cc1ccc(O)c(C)c1NC(=O)OCC1c2ccccc2-c2ccccc21. The van der Waals surface area contributed by atoms with E-state index in [2.05, 4.69) is 29.6 Å². The highest BCUT2D eigenvalue weighted by Gasteiger charge is 2.29. The Balaban J connectivity index is 1.53. The third-order valence-corrected chi connectivity index (χ3v) is 5.22. The molecule has 0 radical (unpaired) electrons. The van der Waals surface area contributed by atoms with Gasteiger partial charge in [0.25, 0.3) is 0 Å². The minimum Gasteiger partial charge on any atom is -0.508 e. The summed E-state index contributed by atoms with van der Waals surface area (Å²) in [7, 11) is 0. The lowest BCUT2D eigenvalue weighted by atomic mass is 9.98. The van der Waals surface area contributed by atoms with E-state index in [0.29, 0.717) is 11.3 Å². The summed E-state index contributed by atoms with van der Waals surface area (Å²) in [5, 5.41) is 12.6. The van der Waals surface area contributed by atoms with Gasteiger partial charge >= 0.3 is 6.09 Å². The van der Waals surface area contributed by atoms with E-state index in [4.69, 9.17) is 4.74 Å². The number of phenolic OH excluding ortho intramolecular Hbond substituents is 1. The van der Waals surface area contributed by atoms with Crippen LogP contribution in [0.5, 0.6) is 5.75 Å². The molecule has 0 saturated heterocycles. The molecule has 1 aliphatic carbocycles. The number of rotatable bonds is 3. The number of phenols is 1. The first-order valence-corrected chi connectivity index (χ1v) is 8.97. The van der Waals surface area contributed by atoms with Crippen molar-refractivity contribution in [3.8, 4) is 16.9 Å². The van der Waals surface area contributed by atoms with E-state index in [1.54, 1.807) is 19.1 Å². The summed E-state index contributed by atoms with van der Waals surface area (Å²) < 4.78 is 5.56. The minimum absolute atomic E-state index is 0.0227. The molecule has 27 heavy (non-hydrogen) atoms. The van der Waals surface area contributed by atoms with E-state index in [0.717, 1.165) is 5.56 Å². The second-order valence-corrected chi connectivity index (χ2v) is 6.85. The highest BCUT2D eigenvalue weighted by Crippen LogP contribution is 2.44. The maximum absolute atomic E-state index is 12.4. The number of amides is 1. The van der Waals surface area contributed by atoms with Gasteiger partial charge in [0.2, 0.25) is 0 Å². The monoisotopic (exact) mass is 359 g/mol. The van der Waals surface area contributed by atoms with Crippen molar-refractivity contribution in [2.75, 3.05) is 11.9 Å². The molecule has 3 aromatic rings. The quantitative estimate of drug-likeness (QED) is 0.661. The second-order valence-electron chi connectivity index (χ2n) is 6.85. The van der Waals surface area contributed by atoms with Crippen LogP contribution in [0, 0.1) is 13.8 Å². The third-order valence-electron chi connectivity index (χ3n) is 5.22. The molecule has 0 atom stereocenters. The van der Waals surface area contributed by atoms with Crippen LogP contribution < -0.4 is 5.32 Å². The predicted molar refractivity (Wildman–Crippen MR) is 106 cm³/mol. The molecule has 136 valence electrons. The van der Waals surface area contributed by atoms with Crippen LogP contribution in [0.4, 0.5) is 10.5 Å². The number of nitrogens with one attached hydrogen (secondary N) is 1. The molecule has 0 heterocycles. The normalized spacial score (nSPS) is 12.4. The number of hydrogen-bond donors (Lipinski definition) is 2. The molecule has 1 aliphatic rings. The summed E-state index contributed by atoms with van der Waals surface area (Å²) in [6.45, 7) is 3.91. The highest BCUT2D eigenvalue weighted by atomic mass is 16.5. The van der Waals surface area contributed by atoms with Crippen molar-refractivity contribution in [3.63, 3.8) is 0 Å². The number of benzene rings is 3. The molecule has 0 fully saturated rings. The Kier molecular flexibility index (Phi) is 4.32. The lowest BCUT2D eigenvalue weighted by Crippen LogP contribution is -2.19. The van der Waals surface area contributed by atoms with E-state index < -0.39 is 6.09 Å². The van der Waals surface area contributed by atoms with E-state index >= 15 is 0 Å². The lowest BCUT2D eigenvalue weighted by molar-refractivity contribution is 0.158. The van der Waals surface area contributed by atoms with Crippen LogP contribution in [0.15, 0.2) is 60.7 Å². The molecule has 0 aromatic heterocycles. The van der Waals surface area contributed by atoms with Crippen LogP contribution >= 0.6 is 0 Å². The predicted octanol–water partition coefficient (Wildman–Crippen LogP) is 5.37. The van der Waals surface area contributed by atoms with Crippen molar-refractivity contribution >= 4 is 11.8 Å². The van der Waals surface area contributed by atoms with Crippen LogP contribution in [0.2, 0.25) is 0 Å². The molecule has 4 rings (SSSR count). The van der Waals surface area contributed by atoms with Crippen LogP contribution in [-0.4, -0.2) is 17.8 Å². The summed E-state index contributed by atoms with van der Waals surface area (Å²) in [6, 6.07) is 19.8. The zero-order valence-electron chi connectivity index (χ0n) is 15.3. The van der Waals surface area contributed by atoms with Gasteiger partial charge in [-0.15, -0.1) is 0 Å². The van der Waals surface area contributed by atoms with Crippen LogP contribution in [0.3, 0.4) is 0 Å². The van der Waals surface area contributed by atoms with Gasteiger partial charge in [0, 0.05) is 11.5 Å². The van der Waals surface area contributed by atoms with Crippen molar-refractivity contribution in [2.45, 2.75) is 19.8 Å². The van der Waals surface area contributed by atoms with E-state index in [1.165, 1.54) is 22.3 Å². The van der Waals surface area contributed by atoms with Crippen molar-refractivity contribution in [2.24, 2.45) is 0 Å². The van der Waals surface area contributed by atoms with Gasteiger partial charge in [0.1, 0.15) is 12.4 Å². The first-order valence-electron chi connectivity index (χ1n) is 8.97. The Hall–Kier alpha value is -3.27. The summed E-state index contributed by atoms with van der Waals surface area (Å²) in [6.07, 6.45) is -0.520. The number of fused-ring (bicyclic) bond motifs is 3. The molecular weight excluding hydrogens is 338 g/mol. The minimum atomic E-state index is -0.520. The molecule has 4 nitrogen and oxygen atoms in total. The molecule has 0 aliphatic heterocycles. The van der Waals surface area contributed by atoms with Gasteiger partial charge in [-0.25, -0.2) is 4.79 Å². The van der Waals surface area contributed by atoms with Gasteiger partial charge in [-0.3, -0.25) is 5.32 Å². The average molecular weight is 359 g/mol. The Morgan fingerprint density at radius 3 is 2.19 bits per heavy atom. The van der Waals surface area contributed by atoms with Gasteiger partial charge in [0.05, 0.1) is 5.69 Å². The van der Waals surface area contributed by atoms with Crippen molar-refractivity contribution in [1.29, 1.82) is 0 Å². The number of carbonyl (C=O) groups is 1. The first kappa shape index (κ1) is 17.2. The Morgan fingerprint density at radius 2 is 1.56 bits per heavy atom. The summed E-state index contributed by atoms with van der Waals surface area (Å²) in [4.78, 5) is 12.4. The number of carbonyl (C=O) groups excluding carboxylic acids is 1. The Morgan fingerprint density at radius 1 is 0.963 bits per heavy atom. The standard InChI is InChI=1S/C23H21NO3/c1-14-11-12-21(25)15(2)22(14)24-23(26)27-13-20-18-9-5-3-7-16(18)17-8-4-6-10-19(17)20/h3-12,20,25H,13H2,1-2H3,(H,24,26). The lowest BCUT2D eigenvalue weighted by Gasteiger charge is -2.16. The van der Waals surface area contributed by atoms with Crippen molar-refractivity contribution < 1.29 is 14.6 Å². The van der Waals surface area contributed by atoms with Gasteiger partial charge in [-0.2, -0.15) is 0 Å². The maximum Gasteiger partial charge on any atom is 0.411 e. The first-order chi connectivity index (χ1) is 13.1. The van der Waals surface area contributed by atoms with Gasteiger partial charge < -0.3 is 9.84 Å². The average Bonchev–Trinajstić information content (AvgIpc) is 3.01. The molecule has 1 amide bonds. The summed E-state index contributed by atoms with van der Waals surface area (Å²) in [5.41, 5.74) is 6.84. The fourth-order valence-electron chi connectivity index (χ4n) is 3.76. The van der Waals surface area contributed by atoms with E-state index in [1.807, 2.05) is 31.2 Å². The van der Waals surface area contributed by atoms with Crippen molar-refractivity contribution in [3.05, 3.63) is 82.9 Å². The fourth-order valence-corrected chi connectivity index (χ4v) is 3.76. The third kappa shape index (κ3) is 3.04. The number of anilines is 1. The fraction of sp³-hybridized carbons (Fsp3) is 0.174. The molecule has 2 N–H and O–H groups in total. The molecular formula is C23H21NO3. The van der Waals surface area contributed by atoms with Gasteiger partial charge in [-0.05, 0) is 47.7 Å². The molecule has 0 spiro atoms. The molecule has 0 bridgehead atoms. The number of aryl methyl sites for hydroxylation is 1. The Labute approximate surface area is 158 Å². The maximum atomic E-state index is 12.4. The second kappa shape index (κ2) is 6.80. The van der Waals surface area contributed by atoms with Crippen molar-refractivity contribution in [1.82, 2.24) is 0 Å². The molecule has 0 unspecified atom stereocenters. The van der Waals surface area contributed by atoms with E-state index in [9.17, 15) is 9.90 Å².